The van der Waals surface area contributed by atoms with E-state index < -0.39 is 14.1 Å². The third-order valence-corrected chi connectivity index (χ3v) is 8.64. The van der Waals surface area contributed by atoms with Crippen molar-refractivity contribution in [2.45, 2.75) is 83.5 Å². The minimum absolute atomic E-state index is 0.183. The van der Waals surface area contributed by atoms with E-state index in [1.54, 1.807) is 0 Å². The van der Waals surface area contributed by atoms with E-state index >= 15 is 0 Å². The number of rotatable bonds is 7. The topological polar surface area (TPSA) is 63.2 Å². The molecule has 23 heavy (non-hydrogen) atoms. The summed E-state index contributed by atoms with van der Waals surface area (Å²) < 4.78 is 29.3. The Morgan fingerprint density at radius 2 is 1.61 bits per heavy atom. The van der Waals surface area contributed by atoms with Gasteiger partial charge < -0.3 is 23.4 Å². The molecule has 0 N–H and O–H groups in total. The van der Waals surface area contributed by atoms with Crippen molar-refractivity contribution in [2.24, 2.45) is 0 Å². The Morgan fingerprint density at radius 1 is 1.09 bits per heavy atom. The Labute approximate surface area is 139 Å². The van der Waals surface area contributed by atoms with Crippen LogP contribution in [0.25, 0.3) is 0 Å². The lowest BCUT2D eigenvalue weighted by molar-refractivity contribution is -0.195. The van der Waals surface area contributed by atoms with E-state index in [-0.39, 0.29) is 37.0 Å². The average Bonchev–Trinajstić information content (AvgIpc) is 2.96. The standard InChI is InChI=1S/C16H30O6Si/c1-7-23(6,8-2)19-10-13-15-14(21-16(4,5)22-15)12(20-13)9-18-11(3)17/h12-15H,7-10H2,1-6H3/t12-,13+,14-,15+/m1/s1. The van der Waals surface area contributed by atoms with Crippen LogP contribution in [0.15, 0.2) is 0 Å². The maximum Gasteiger partial charge on any atom is 0.302 e. The van der Waals surface area contributed by atoms with Crippen molar-refractivity contribution in [3.63, 3.8) is 0 Å². The van der Waals surface area contributed by atoms with Gasteiger partial charge in [0.25, 0.3) is 0 Å². The number of ether oxygens (including phenoxy) is 4. The SMILES string of the molecule is CC[Si](C)(CC)OC[C@@H]1O[C@H](COC(C)=O)[C@H]2OC(C)(C)O[C@H]21. The lowest BCUT2D eigenvalue weighted by Crippen LogP contribution is -2.40. The van der Waals surface area contributed by atoms with Gasteiger partial charge in [0.05, 0.1) is 6.61 Å². The van der Waals surface area contributed by atoms with E-state index in [2.05, 4.69) is 20.4 Å². The molecule has 2 rings (SSSR count). The van der Waals surface area contributed by atoms with Gasteiger partial charge in [0.2, 0.25) is 0 Å². The lowest BCUT2D eigenvalue weighted by Gasteiger charge is -2.28. The summed E-state index contributed by atoms with van der Waals surface area (Å²) in [6.07, 6.45) is -0.908. The van der Waals surface area contributed by atoms with Crippen LogP contribution < -0.4 is 0 Å². The molecule has 2 saturated heterocycles. The minimum atomic E-state index is -1.66. The zero-order valence-electron chi connectivity index (χ0n) is 15.1. The van der Waals surface area contributed by atoms with Crippen LogP contribution >= 0.6 is 0 Å². The van der Waals surface area contributed by atoms with E-state index in [1.165, 1.54) is 6.92 Å². The van der Waals surface area contributed by atoms with Crippen LogP contribution in [0.5, 0.6) is 0 Å². The maximum absolute atomic E-state index is 11.1. The molecule has 0 radical (unpaired) electrons. The number of carbonyl (C=O) groups excluding carboxylic acids is 1. The van der Waals surface area contributed by atoms with Crippen LogP contribution in [0.1, 0.15) is 34.6 Å². The van der Waals surface area contributed by atoms with Crippen molar-refractivity contribution in [3.05, 3.63) is 0 Å². The summed E-state index contributed by atoms with van der Waals surface area (Å²) in [6.45, 7) is 12.5. The Balaban J connectivity index is 2.01. The first-order valence-electron chi connectivity index (χ1n) is 8.48. The van der Waals surface area contributed by atoms with E-state index in [0.717, 1.165) is 12.1 Å². The molecule has 0 amide bonds. The second-order valence-corrected chi connectivity index (χ2v) is 11.7. The Kier molecular flexibility index (Phi) is 5.89. The molecule has 2 heterocycles. The molecule has 0 aromatic carbocycles. The smallest absolute Gasteiger partial charge is 0.302 e. The van der Waals surface area contributed by atoms with E-state index in [0.29, 0.717) is 6.61 Å². The van der Waals surface area contributed by atoms with E-state index in [1.807, 2.05) is 13.8 Å². The Bertz CT molecular complexity index is 423. The highest BCUT2D eigenvalue weighted by Gasteiger charge is 2.55. The molecule has 7 heteroatoms. The fraction of sp³-hybridized carbons (Fsp3) is 0.938. The summed E-state index contributed by atoms with van der Waals surface area (Å²) in [4.78, 5) is 11.1. The van der Waals surface area contributed by atoms with Crippen molar-refractivity contribution in [3.8, 4) is 0 Å². The Hall–Kier alpha value is -0.473. The van der Waals surface area contributed by atoms with Gasteiger partial charge in [-0.3, -0.25) is 4.79 Å². The molecular weight excluding hydrogens is 316 g/mol. The molecular formula is C16H30O6Si. The summed E-state index contributed by atoms with van der Waals surface area (Å²) >= 11 is 0. The van der Waals surface area contributed by atoms with Crippen LogP contribution in [0.3, 0.4) is 0 Å². The molecule has 0 saturated carbocycles. The van der Waals surface area contributed by atoms with Gasteiger partial charge in [0.15, 0.2) is 14.1 Å². The van der Waals surface area contributed by atoms with Crippen molar-refractivity contribution < 1.29 is 28.2 Å². The van der Waals surface area contributed by atoms with Crippen LogP contribution in [0.4, 0.5) is 0 Å². The highest BCUT2D eigenvalue weighted by Crippen LogP contribution is 2.39. The average molecular weight is 346 g/mol. The maximum atomic E-state index is 11.1. The van der Waals surface area contributed by atoms with Gasteiger partial charge in [0.1, 0.15) is 31.0 Å². The van der Waals surface area contributed by atoms with Crippen LogP contribution in [0.2, 0.25) is 18.6 Å². The van der Waals surface area contributed by atoms with Crippen molar-refractivity contribution in [1.82, 2.24) is 0 Å². The largest absolute Gasteiger partial charge is 0.463 e. The molecule has 0 aliphatic carbocycles. The first-order chi connectivity index (χ1) is 10.7. The lowest BCUT2D eigenvalue weighted by atomic mass is 10.1. The summed E-state index contributed by atoms with van der Waals surface area (Å²) in [7, 11) is -1.66. The quantitative estimate of drug-likeness (QED) is 0.521. The van der Waals surface area contributed by atoms with Crippen LogP contribution in [-0.4, -0.2) is 57.7 Å². The number of carbonyl (C=O) groups is 1. The van der Waals surface area contributed by atoms with Gasteiger partial charge in [-0.1, -0.05) is 13.8 Å². The van der Waals surface area contributed by atoms with Gasteiger partial charge >= 0.3 is 5.97 Å². The van der Waals surface area contributed by atoms with Gasteiger partial charge in [-0.05, 0) is 32.5 Å². The minimum Gasteiger partial charge on any atom is -0.463 e. The third-order valence-electron chi connectivity index (χ3n) is 4.79. The molecule has 0 aromatic rings. The second-order valence-electron chi connectivity index (χ2n) is 7.05. The molecule has 2 aliphatic rings. The predicted octanol–water partition coefficient (Wildman–Crippen LogP) is 2.47. The number of hydrogen-bond donors (Lipinski definition) is 0. The van der Waals surface area contributed by atoms with Crippen LogP contribution in [-0.2, 0) is 28.2 Å². The van der Waals surface area contributed by atoms with E-state index in [9.17, 15) is 4.79 Å². The number of hydrogen-bond acceptors (Lipinski definition) is 6. The van der Waals surface area contributed by atoms with E-state index in [4.69, 9.17) is 23.4 Å². The van der Waals surface area contributed by atoms with Gasteiger partial charge in [-0.2, -0.15) is 0 Å². The second kappa shape index (κ2) is 7.19. The molecule has 6 nitrogen and oxygen atoms in total. The summed E-state index contributed by atoms with van der Waals surface area (Å²) in [5.41, 5.74) is 0. The van der Waals surface area contributed by atoms with Gasteiger partial charge in [-0.25, -0.2) is 0 Å². The summed E-state index contributed by atoms with van der Waals surface area (Å²) in [5, 5.41) is 0. The third kappa shape index (κ3) is 4.54. The zero-order valence-corrected chi connectivity index (χ0v) is 16.1. The molecule has 0 bridgehead atoms. The van der Waals surface area contributed by atoms with Gasteiger partial charge in [0, 0.05) is 6.92 Å². The fourth-order valence-corrected chi connectivity index (χ4v) is 4.45. The summed E-state index contributed by atoms with van der Waals surface area (Å²) in [5.74, 6) is -0.970. The Morgan fingerprint density at radius 3 is 2.09 bits per heavy atom. The fourth-order valence-electron chi connectivity index (χ4n) is 2.98. The number of fused-ring (bicyclic) bond motifs is 1. The molecule has 0 spiro atoms. The van der Waals surface area contributed by atoms with Crippen molar-refractivity contribution >= 4 is 14.3 Å². The highest BCUT2D eigenvalue weighted by atomic mass is 28.4. The zero-order chi connectivity index (χ0) is 17.3. The molecule has 0 aromatic heterocycles. The molecule has 134 valence electrons. The molecule has 4 atom stereocenters. The first kappa shape index (κ1) is 18.9. The highest BCUT2D eigenvalue weighted by molar-refractivity contribution is 6.72. The molecule has 2 aliphatic heterocycles. The monoisotopic (exact) mass is 346 g/mol. The molecule has 0 unspecified atom stereocenters. The summed E-state index contributed by atoms with van der Waals surface area (Å²) in [6, 6.07) is 2.15. The number of esters is 1. The van der Waals surface area contributed by atoms with Gasteiger partial charge in [-0.15, -0.1) is 0 Å². The van der Waals surface area contributed by atoms with Crippen molar-refractivity contribution in [1.29, 1.82) is 0 Å². The van der Waals surface area contributed by atoms with Crippen molar-refractivity contribution in [2.75, 3.05) is 13.2 Å². The van der Waals surface area contributed by atoms with Crippen LogP contribution in [0, 0.1) is 0 Å². The predicted molar refractivity (Wildman–Crippen MR) is 87.7 cm³/mol. The normalized spacial score (nSPS) is 32.8. The first-order valence-corrected chi connectivity index (χ1v) is 11.3. The molecule has 2 fully saturated rings.